The van der Waals surface area contributed by atoms with Crippen molar-refractivity contribution in [1.82, 2.24) is 5.43 Å². The lowest BCUT2D eigenvalue weighted by atomic mass is 10.1. The number of hydrazone groups is 1. The van der Waals surface area contributed by atoms with Crippen LogP contribution in [0.15, 0.2) is 41.5 Å². The highest BCUT2D eigenvalue weighted by molar-refractivity contribution is 5.86. The van der Waals surface area contributed by atoms with Crippen LogP contribution >= 0.6 is 0 Å². The van der Waals surface area contributed by atoms with Crippen LogP contribution < -0.4 is 19.6 Å². The summed E-state index contributed by atoms with van der Waals surface area (Å²) in [6.07, 6.45) is 1.19. The van der Waals surface area contributed by atoms with Gasteiger partial charge in [-0.05, 0) is 43.2 Å². The fourth-order valence-electron chi connectivity index (χ4n) is 2.22. The normalized spacial score (nSPS) is 10.9. The maximum Gasteiger partial charge on any atom is 0.387 e. The van der Waals surface area contributed by atoms with Gasteiger partial charge in [0.15, 0.2) is 18.1 Å². The topological polar surface area (TPSA) is 69.2 Å². The van der Waals surface area contributed by atoms with E-state index < -0.39 is 12.5 Å². The zero-order valence-electron chi connectivity index (χ0n) is 15.2. The molecule has 0 atom stereocenters. The smallest absolute Gasteiger partial charge is 0.387 e. The predicted octanol–water partition coefficient (Wildman–Crippen LogP) is 3.44. The molecule has 1 N–H and O–H groups in total. The van der Waals surface area contributed by atoms with Crippen molar-refractivity contribution >= 4 is 12.1 Å². The SMILES string of the molecule is COc1cccc(/C=N\NC(=O)COc2cc(C)ccc2C)c1OC(F)F. The van der Waals surface area contributed by atoms with Crippen molar-refractivity contribution in [2.75, 3.05) is 13.7 Å². The Morgan fingerprint density at radius 3 is 2.70 bits per heavy atom. The van der Waals surface area contributed by atoms with Crippen LogP contribution in [0.5, 0.6) is 17.2 Å². The number of benzene rings is 2. The summed E-state index contributed by atoms with van der Waals surface area (Å²) in [5.74, 6) is 0.0735. The van der Waals surface area contributed by atoms with Gasteiger partial charge >= 0.3 is 6.61 Å². The molecular weight excluding hydrogens is 358 g/mol. The van der Waals surface area contributed by atoms with Gasteiger partial charge in [-0.25, -0.2) is 5.43 Å². The molecule has 0 radical (unpaired) electrons. The number of amides is 1. The van der Waals surface area contributed by atoms with Crippen molar-refractivity contribution in [3.8, 4) is 17.2 Å². The van der Waals surface area contributed by atoms with Crippen LogP contribution in [0.4, 0.5) is 8.78 Å². The van der Waals surface area contributed by atoms with Crippen LogP contribution in [0.3, 0.4) is 0 Å². The van der Waals surface area contributed by atoms with Gasteiger partial charge in [0.05, 0.1) is 13.3 Å². The molecular formula is C19H20F2N2O4. The molecule has 0 aromatic heterocycles. The maximum absolute atomic E-state index is 12.6. The zero-order valence-corrected chi connectivity index (χ0v) is 15.2. The number of aryl methyl sites for hydroxylation is 2. The van der Waals surface area contributed by atoms with Crippen molar-refractivity contribution in [3.63, 3.8) is 0 Å². The van der Waals surface area contributed by atoms with E-state index in [1.54, 1.807) is 6.07 Å². The molecule has 0 unspecified atom stereocenters. The summed E-state index contributed by atoms with van der Waals surface area (Å²) < 4.78 is 40.1. The molecule has 0 fully saturated rings. The molecule has 2 aromatic rings. The molecule has 0 aliphatic rings. The Morgan fingerprint density at radius 2 is 2.00 bits per heavy atom. The van der Waals surface area contributed by atoms with Crippen LogP contribution in [0, 0.1) is 13.8 Å². The average molecular weight is 378 g/mol. The summed E-state index contributed by atoms with van der Waals surface area (Å²) in [6, 6.07) is 10.2. The van der Waals surface area contributed by atoms with Gasteiger partial charge in [0, 0.05) is 5.56 Å². The second-order valence-electron chi connectivity index (χ2n) is 5.61. The monoisotopic (exact) mass is 378 g/mol. The van der Waals surface area contributed by atoms with E-state index in [1.165, 1.54) is 25.5 Å². The molecule has 0 saturated carbocycles. The number of carbonyl (C=O) groups is 1. The van der Waals surface area contributed by atoms with Gasteiger partial charge in [-0.1, -0.05) is 18.2 Å². The Kier molecular flexibility index (Phi) is 7.10. The first kappa shape index (κ1) is 20.2. The van der Waals surface area contributed by atoms with Gasteiger partial charge < -0.3 is 14.2 Å². The van der Waals surface area contributed by atoms with E-state index in [9.17, 15) is 13.6 Å². The maximum atomic E-state index is 12.6. The molecule has 8 heteroatoms. The van der Waals surface area contributed by atoms with Crippen molar-refractivity contribution < 1.29 is 27.8 Å². The first-order chi connectivity index (χ1) is 12.9. The molecule has 2 aromatic carbocycles. The first-order valence-electron chi connectivity index (χ1n) is 8.04. The third kappa shape index (κ3) is 5.95. The Hall–Kier alpha value is -3.16. The van der Waals surface area contributed by atoms with Crippen LogP contribution in [0.1, 0.15) is 16.7 Å². The van der Waals surface area contributed by atoms with Crippen molar-refractivity contribution in [2.24, 2.45) is 5.10 Å². The van der Waals surface area contributed by atoms with E-state index in [-0.39, 0.29) is 23.7 Å². The fourth-order valence-corrected chi connectivity index (χ4v) is 2.22. The van der Waals surface area contributed by atoms with E-state index in [0.717, 1.165) is 11.1 Å². The molecule has 0 heterocycles. The summed E-state index contributed by atoms with van der Waals surface area (Å²) in [4.78, 5) is 11.9. The van der Waals surface area contributed by atoms with Crippen LogP contribution in [-0.4, -0.2) is 32.4 Å². The second kappa shape index (κ2) is 9.51. The highest BCUT2D eigenvalue weighted by Crippen LogP contribution is 2.31. The number of alkyl halides is 2. The molecule has 2 rings (SSSR count). The Labute approximate surface area is 155 Å². The van der Waals surface area contributed by atoms with Crippen LogP contribution in [-0.2, 0) is 4.79 Å². The number of halogens is 2. The highest BCUT2D eigenvalue weighted by Gasteiger charge is 2.14. The number of methoxy groups -OCH3 is 1. The van der Waals surface area contributed by atoms with Crippen molar-refractivity contribution in [3.05, 3.63) is 53.1 Å². The molecule has 0 bridgehead atoms. The standard InChI is InChI=1S/C19H20F2N2O4/c1-12-7-8-13(2)16(9-12)26-11-17(24)23-22-10-14-5-4-6-15(25-3)18(14)27-19(20)21/h4-10,19H,11H2,1-3H3,(H,23,24)/b22-10-. The van der Waals surface area contributed by atoms with Gasteiger partial charge in [0.1, 0.15) is 5.75 Å². The summed E-state index contributed by atoms with van der Waals surface area (Å²) in [5, 5.41) is 3.75. The summed E-state index contributed by atoms with van der Waals surface area (Å²) >= 11 is 0. The van der Waals surface area contributed by atoms with E-state index in [1.807, 2.05) is 32.0 Å². The van der Waals surface area contributed by atoms with Crippen LogP contribution in [0.25, 0.3) is 0 Å². The number of hydrogen-bond donors (Lipinski definition) is 1. The molecule has 144 valence electrons. The Morgan fingerprint density at radius 1 is 1.22 bits per heavy atom. The number of carbonyl (C=O) groups excluding carboxylic acids is 1. The second-order valence-corrected chi connectivity index (χ2v) is 5.61. The molecule has 0 aliphatic carbocycles. The molecule has 27 heavy (non-hydrogen) atoms. The van der Waals surface area contributed by atoms with Crippen molar-refractivity contribution in [2.45, 2.75) is 20.5 Å². The fraction of sp³-hybridized carbons (Fsp3) is 0.263. The third-order valence-electron chi connectivity index (χ3n) is 3.53. The quantitative estimate of drug-likeness (QED) is 0.564. The van der Waals surface area contributed by atoms with E-state index in [2.05, 4.69) is 15.3 Å². The summed E-state index contributed by atoms with van der Waals surface area (Å²) in [7, 11) is 1.33. The highest BCUT2D eigenvalue weighted by atomic mass is 19.3. The Balaban J connectivity index is 1.98. The molecule has 0 saturated heterocycles. The zero-order chi connectivity index (χ0) is 19.8. The van der Waals surface area contributed by atoms with Gasteiger partial charge in [-0.15, -0.1) is 0 Å². The molecule has 6 nitrogen and oxygen atoms in total. The summed E-state index contributed by atoms with van der Waals surface area (Å²) in [6.45, 7) is 0.538. The number of para-hydroxylation sites is 1. The van der Waals surface area contributed by atoms with E-state index in [4.69, 9.17) is 9.47 Å². The molecule has 0 spiro atoms. The number of hydrogen-bond acceptors (Lipinski definition) is 5. The summed E-state index contributed by atoms with van der Waals surface area (Å²) in [5.41, 5.74) is 4.42. The average Bonchev–Trinajstić information content (AvgIpc) is 2.63. The lowest BCUT2D eigenvalue weighted by Gasteiger charge is -2.12. The minimum absolute atomic E-state index is 0.129. The number of ether oxygens (including phenoxy) is 3. The number of nitrogens with zero attached hydrogens (tertiary/aromatic N) is 1. The van der Waals surface area contributed by atoms with Crippen LogP contribution in [0.2, 0.25) is 0 Å². The van der Waals surface area contributed by atoms with Gasteiger partial charge in [-0.2, -0.15) is 13.9 Å². The number of nitrogens with one attached hydrogen (secondary N) is 1. The minimum atomic E-state index is -3.02. The largest absolute Gasteiger partial charge is 0.493 e. The van der Waals surface area contributed by atoms with Gasteiger partial charge in [-0.3, -0.25) is 4.79 Å². The Bertz CT molecular complexity index is 825. The van der Waals surface area contributed by atoms with Gasteiger partial charge in [0.2, 0.25) is 0 Å². The lowest BCUT2D eigenvalue weighted by molar-refractivity contribution is -0.123. The van der Waals surface area contributed by atoms with E-state index in [0.29, 0.717) is 5.75 Å². The number of rotatable bonds is 8. The minimum Gasteiger partial charge on any atom is -0.493 e. The van der Waals surface area contributed by atoms with Crippen molar-refractivity contribution in [1.29, 1.82) is 0 Å². The predicted molar refractivity (Wildman–Crippen MR) is 96.8 cm³/mol. The van der Waals surface area contributed by atoms with E-state index >= 15 is 0 Å². The lowest BCUT2D eigenvalue weighted by Crippen LogP contribution is -2.24. The van der Waals surface area contributed by atoms with Gasteiger partial charge in [0.25, 0.3) is 5.91 Å². The molecule has 1 amide bonds. The third-order valence-corrected chi connectivity index (χ3v) is 3.53. The first-order valence-corrected chi connectivity index (χ1v) is 8.04. The molecule has 0 aliphatic heterocycles.